The molecule has 15 heteroatoms. The summed E-state index contributed by atoms with van der Waals surface area (Å²) in [6.45, 7) is 0.530. The van der Waals surface area contributed by atoms with Crippen molar-refractivity contribution in [3.63, 3.8) is 0 Å². The molecule has 0 aliphatic carbocycles. The van der Waals surface area contributed by atoms with E-state index in [4.69, 9.17) is 5.73 Å². The summed E-state index contributed by atoms with van der Waals surface area (Å²) in [7, 11) is 0. The Morgan fingerprint density at radius 3 is 1.93 bits per heavy atom. The highest BCUT2D eigenvalue weighted by Gasteiger charge is 2.36. The second kappa shape index (κ2) is 22.7. The van der Waals surface area contributed by atoms with Crippen LogP contribution in [0.3, 0.4) is 0 Å². The molecule has 1 aliphatic heterocycles. The van der Waals surface area contributed by atoms with Crippen molar-refractivity contribution >= 4 is 57.1 Å². The average Bonchev–Trinajstić information content (AvgIpc) is 3.74. The summed E-state index contributed by atoms with van der Waals surface area (Å²) >= 11 is 0. The number of carbonyl (C=O) groups excluding carboxylic acids is 6. The maximum atomic E-state index is 14.9. The number of hydrogen-bond acceptors (Lipinski definition) is 8. The minimum atomic E-state index is -1.56. The van der Waals surface area contributed by atoms with Gasteiger partial charge in [-0.05, 0) is 71.8 Å². The Hall–Kier alpha value is -7.36. The van der Waals surface area contributed by atoms with Gasteiger partial charge in [0, 0.05) is 43.0 Å². The molecule has 0 bridgehead atoms. The van der Waals surface area contributed by atoms with Crippen molar-refractivity contribution < 1.29 is 33.9 Å². The highest BCUT2D eigenvalue weighted by Crippen LogP contribution is 2.23. The van der Waals surface area contributed by atoms with Crippen molar-refractivity contribution in [3.05, 3.63) is 156 Å². The fourth-order valence-electron chi connectivity index (χ4n) is 8.49. The Morgan fingerprint density at radius 2 is 1.21 bits per heavy atom. The largest absolute Gasteiger partial charge is 0.391 e. The third kappa shape index (κ3) is 12.5. The van der Waals surface area contributed by atoms with Crippen LogP contribution in [0.4, 0.5) is 0 Å². The number of nitrogens with two attached hydrogens (primary N) is 1. The van der Waals surface area contributed by atoms with Gasteiger partial charge in [-0.2, -0.15) is 0 Å². The van der Waals surface area contributed by atoms with E-state index in [1.165, 1.54) is 16.7 Å². The molecule has 5 atom stereocenters. The van der Waals surface area contributed by atoms with E-state index in [0.29, 0.717) is 36.1 Å². The average molecular weight is 907 g/mol. The third-order valence-electron chi connectivity index (χ3n) is 12.1. The number of aromatic nitrogens is 1. The summed E-state index contributed by atoms with van der Waals surface area (Å²) in [5.74, 6) is -4.10. The summed E-state index contributed by atoms with van der Waals surface area (Å²) in [4.78, 5) is 93.4. The number of aliphatic hydroxyl groups excluding tert-OH is 1. The van der Waals surface area contributed by atoms with Crippen molar-refractivity contribution in [3.8, 4) is 0 Å². The normalized spacial score (nSPS) is 19.9. The molecule has 348 valence electrons. The van der Waals surface area contributed by atoms with Crippen LogP contribution < -0.4 is 27.0 Å². The van der Waals surface area contributed by atoms with Gasteiger partial charge in [-0.25, -0.2) is 0 Å². The fraction of sp³-hybridized carbons (Fsp3) is 0.308. The van der Waals surface area contributed by atoms with Gasteiger partial charge in [0.05, 0.1) is 12.6 Å². The Kier molecular flexibility index (Phi) is 16.1. The number of fused-ring (bicyclic) bond motifs is 2. The quantitative estimate of drug-likeness (QED) is 0.0848. The van der Waals surface area contributed by atoms with Crippen LogP contribution in [0.2, 0.25) is 0 Å². The van der Waals surface area contributed by atoms with E-state index in [-0.39, 0.29) is 32.4 Å². The number of carbonyl (C=O) groups is 6. The lowest BCUT2D eigenvalue weighted by atomic mass is 10.0. The number of nitrogens with one attached hydrogen (secondary N) is 5. The number of rotatable bonds is 13. The maximum absolute atomic E-state index is 14.9. The van der Waals surface area contributed by atoms with Gasteiger partial charge in [0.15, 0.2) is 0 Å². The van der Waals surface area contributed by atoms with Crippen molar-refractivity contribution in [2.24, 2.45) is 5.73 Å². The number of amides is 6. The van der Waals surface area contributed by atoms with Gasteiger partial charge in [-0.15, -0.1) is 0 Å². The number of benzene rings is 5. The zero-order chi connectivity index (χ0) is 47.3. The van der Waals surface area contributed by atoms with Crippen LogP contribution in [0.15, 0.2) is 134 Å². The van der Waals surface area contributed by atoms with Gasteiger partial charge in [-0.1, -0.05) is 121 Å². The summed E-state index contributed by atoms with van der Waals surface area (Å²) in [6, 6.07) is 33.6. The molecule has 5 aromatic carbocycles. The molecule has 0 unspecified atom stereocenters. The van der Waals surface area contributed by atoms with Crippen molar-refractivity contribution in [2.45, 2.75) is 82.4 Å². The van der Waals surface area contributed by atoms with E-state index in [1.54, 1.807) is 18.3 Å². The third-order valence-corrected chi connectivity index (χ3v) is 12.1. The molecule has 1 aliphatic rings. The van der Waals surface area contributed by atoms with Crippen LogP contribution in [0, 0.1) is 0 Å². The monoisotopic (exact) mass is 906 g/mol. The van der Waals surface area contributed by atoms with Gasteiger partial charge < -0.3 is 46.9 Å². The molecule has 15 nitrogen and oxygen atoms in total. The first kappa shape index (κ1) is 47.6. The van der Waals surface area contributed by atoms with Crippen LogP contribution in [-0.2, 0) is 54.7 Å². The molecule has 0 saturated carbocycles. The molecular formula is C52H58N8O7. The van der Waals surface area contributed by atoms with E-state index < -0.39 is 78.8 Å². The smallest absolute Gasteiger partial charge is 0.248 e. The minimum Gasteiger partial charge on any atom is -0.391 e. The summed E-state index contributed by atoms with van der Waals surface area (Å²) in [5, 5.41) is 25.1. The molecule has 0 spiro atoms. The SMILES string of the molecule is C[C@@H](O)[C@@H]1NC(=O)[C@H](CCCCN)NC(=O)[C@@H](Cc2c[nH]c3ccccc23)NC(=O)[C@H](Cc2ccccc2)NC(=O)CN(Cc2ccccc2)C(=O)CN(Cc2cccc3ccccc23)C1=O. The minimum absolute atomic E-state index is 0.00198. The molecule has 1 aromatic heterocycles. The highest BCUT2D eigenvalue weighted by molar-refractivity contribution is 5.98. The zero-order valence-electron chi connectivity index (χ0n) is 37.5. The molecule has 7 rings (SSSR count). The molecule has 1 fully saturated rings. The molecule has 1 saturated heterocycles. The number of hydrogen-bond donors (Lipinski definition) is 7. The zero-order valence-corrected chi connectivity index (χ0v) is 37.5. The number of para-hydroxylation sites is 1. The van der Waals surface area contributed by atoms with E-state index in [1.807, 2.05) is 115 Å². The molecule has 2 heterocycles. The fourth-order valence-corrected chi connectivity index (χ4v) is 8.49. The molecule has 8 N–H and O–H groups in total. The van der Waals surface area contributed by atoms with Gasteiger partial charge in [0.2, 0.25) is 35.4 Å². The van der Waals surface area contributed by atoms with Crippen LogP contribution >= 0.6 is 0 Å². The Labute approximate surface area is 389 Å². The second-order valence-corrected chi connectivity index (χ2v) is 17.1. The molecule has 0 radical (unpaired) electrons. The number of unbranched alkanes of at least 4 members (excludes halogenated alkanes) is 1. The Morgan fingerprint density at radius 1 is 0.597 bits per heavy atom. The molecule has 6 amide bonds. The van der Waals surface area contributed by atoms with Crippen molar-refractivity contribution in [1.82, 2.24) is 36.1 Å². The van der Waals surface area contributed by atoms with Crippen LogP contribution in [0.1, 0.15) is 48.4 Å². The highest BCUT2D eigenvalue weighted by atomic mass is 16.3. The lowest BCUT2D eigenvalue weighted by molar-refractivity contribution is -0.146. The number of aliphatic hydroxyl groups is 1. The first-order valence-corrected chi connectivity index (χ1v) is 22.7. The van der Waals surface area contributed by atoms with E-state index in [2.05, 4.69) is 26.3 Å². The van der Waals surface area contributed by atoms with Gasteiger partial charge in [-0.3, -0.25) is 28.8 Å². The summed E-state index contributed by atoms with van der Waals surface area (Å²) in [5.41, 5.74) is 9.51. The second-order valence-electron chi connectivity index (χ2n) is 17.1. The molecule has 6 aromatic rings. The van der Waals surface area contributed by atoms with Crippen molar-refractivity contribution in [2.75, 3.05) is 19.6 Å². The van der Waals surface area contributed by atoms with Crippen LogP contribution in [-0.4, -0.2) is 105 Å². The Bertz CT molecular complexity index is 2670. The maximum Gasteiger partial charge on any atom is 0.248 e. The predicted octanol–water partition coefficient (Wildman–Crippen LogP) is 3.63. The van der Waals surface area contributed by atoms with Gasteiger partial charge in [0.25, 0.3) is 0 Å². The molecule has 67 heavy (non-hydrogen) atoms. The van der Waals surface area contributed by atoms with Gasteiger partial charge >= 0.3 is 0 Å². The number of H-pyrrole nitrogens is 1. The Balaban J connectivity index is 1.31. The van der Waals surface area contributed by atoms with Crippen LogP contribution in [0.25, 0.3) is 21.7 Å². The van der Waals surface area contributed by atoms with E-state index in [9.17, 15) is 33.9 Å². The number of aromatic amines is 1. The topological polar surface area (TPSA) is 219 Å². The summed E-state index contributed by atoms with van der Waals surface area (Å²) in [6.07, 6.45) is 1.41. The predicted molar refractivity (Wildman–Crippen MR) is 256 cm³/mol. The summed E-state index contributed by atoms with van der Waals surface area (Å²) < 4.78 is 0. The number of nitrogens with zero attached hydrogens (tertiary/aromatic N) is 2. The molecular weight excluding hydrogens is 849 g/mol. The van der Waals surface area contributed by atoms with E-state index >= 15 is 0 Å². The lowest BCUT2D eigenvalue weighted by Crippen LogP contribution is -2.61. The standard InChI is InChI=1S/C52H58N8O7/c1-34(61)48-52(67)60(31-38-21-14-20-37-19-8-9-22-40(37)38)33-47(63)59(30-36-17-6-3-7-18-36)32-46(62)55-44(27-35-15-4-2-5-16-35)50(65)57-45(28-39-29-54-42-24-11-10-23-41(39)42)51(66)56-43(49(64)58-48)25-12-13-26-53/h2-11,14-24,29,34,43-45,48,54,61H,12-13,25-28,30-33,53H2,1H3,(H,55,62)(H,56,66)(H,57,65)(H,58,64)/t34-,43+,44+,45-,48+/m1/s1. The first-order chi connectivity index (χ1) is 32.5. The first-order valence-electron chi connectivity index (χ1n) is 22.7. The van der Waals surface area contributed by atoms with Crippen LogP contribution in [0.5, 0.6) is 0 Å². The van der Waals surface area contributed by atoms with Crippen molar-refractivity contribution in [1.29, 1.82) is 0 Å². The van der Waals surface area contributed by atoms with E-state index in [0.717, 1.165) is 27.2 Å². The lowest BCUT2D eigenvalue weighted by Gasteiger charge is -2.33. The van der Waals surface area contributed by atoms with Gasteiger partial charge in [0.1, 0.15) is 30.7 Å².